The quantitative estimate of drug-likeness (QED) is 0.676. The zero-order valence-corrected chi connectivity index (χ0v) is 14.7. The molecule has 1 aromatic heterocycles. The number of carbonyl (C=O) groups is 1. The summed E-state index contributed by atoms with van der Waals surface area (Å²) in [7, 11) is 0. The van der Waals surface area contributed by atoms with Gasteiger partial charge in [0.25, 0.3) is 0 Å². The van der Waals surface area contributed by atoms with E-state index in [0.717, 1.165) is 23.4 Å². The molecule has 0 atom stereocenters. The van der Waals surface area contributed by atoms with E-state index in [2.05, 4.69) is 42.7 Å². The third-order valence-electron chi connectivity index (χ3n) is 4.65. The largest absolute Gasteiger partial charge is 0.481 e. The van der Waals surface area contributed by atoms with Crippen LogP contribution in [0.3, 0.4) is 0 Å². The van der Waals surface area contributed by atoms with Gasteiger partial charge in [-0.15, -0.1) is 0 Å². The molecule has 0 saturated carbocycles. The van der Waals surface area contributed by atoms with E-state index >= 15 is 0 Å². The molecule has 0 saturated heterocycles. The molecule has 0 amide bonds. The number of hydrogen-bond donors (Lipinski definition) is 1. The smallest absolute Gasteiger partial charge is 0.303 e. The van der Waals surface area contributed by atoms with Gasteiger partial charge in [0, 0.05) is 29.1 Å². The minimum Gasteiger partial charge on any atom is -0.481 e. The van der Waals surface area contributed by atoms with E-state index < -0.39 is 5.97 Å². The second-order valence-corrected chi connectivity index (χ2v) is 6.15. The van der Waals surface area contributed by atoms with Gasteiger partial charge in [-0.2, -0.15) is 0 Å². The zero-order valence-electron chi connectivity index (χ0n) is 14.7. The van der Waals surface area contributed by atoms with Gasteiger partial charge in [0.15, 0.2) is 0 Å². The Labute approximate surface area is 148 Å². The number of benzene rings is 2. The maximum Gasteiger partial charge on any atom is 0.303 e. The number of hydrogen-bond acceptors (Lipinski definition) is 1. The molecule has 3 aromatic rings. The normalized spacial score (nSPS) is 10.8. The van der Waals surface area contributed by atoms with Gasteiger partial charge in [-0.25, -0.2) is 0 Å². The SMILES string of the molecule is CCn1c(C)c(-c2ccccc2)c(-c2ccccc2)c1CCC(=O)O. The first-order valence-electron chi connectivity index (χ1n) is 8.68. The van der Waals surface area contributed by atoms with Crippen LogP contribution in [0.15, 0.2) is 60.7 Å². The van der Waals surface area contributed by atoms with Crippen molar-refractivity contribution in [3.63, 3.8) is 0 Å². The number of aromatic nitrogens is 1. The number of carboxylic acids is 1. The molecule has 0 spiro atoms. The highest BCUT2D eigenvalue weighted by molar-refractivity contribution is 5.88. The lowest BCUT2D eigenvalue weighted by Crippen LogP contribution is -2.06. The maximum atomic E-state index is 11.2. The highest BCUT2D eigenvalue weighted by Gasteiger charge is 2.22. The van der Waals surface area contributed by atoms with E-state index in [1.807, 2.05) is 36.4 Å². The summed E-state index contributed by atoms with van der Waals surface area (Å²) < 4.78 is 2.26. The summed E-state index contributed by atoms with van der Waals surface area (Å²) in [6, 6.07) is 20.6. The Morgan fingerprint density at radius 3 is 1.92 bits per heavy atom. The van der Waals surface area contributed by atoms with Gasteiger partial charge in [0.2, 0.25) is 0 Å². The Hall–Kier alpha value is -2.81. The molecule has 0 unspecified atom stereocenters. The topological polar surface area (TPSA) is 42.2 Å². The van der Waals surface area contributed by atoms with E-state index in [9.17, 15) is 9.90 Å². The molecule has 25 heavy (non-hydrogen) atoms. The Kier molecular flexibility index (Phi) is 5.03. The van der Waals surface area contributed by atoms with E-state index in [1.54, 1.807) is 0 Å². The highest BCUT2D eigenvalue weighted by Crippen LogP contribution is 2.40. The van der Waals surface area contributed by atoms with Gasteiger partial charge in [-0.3, -0.25) is 4.79 Å². The van der Waals surface area contributed by atoms with Crippen LogP contribution in [0.2, 0.25) is 0 Å². The fraction of sp³-hybridized carbons (Fsp3) is 0.227. The van der Waals surface area contributed by atoms with Crippen molar-refractivity contribution < 1.29 is 9.90 Å². The molecule has 3 rings (SSSR count). The summed E-state index contributed by atoms with van der Waals surface area (Å²) in [5.74, 6) is -0.762. The van der Waals surface area contributed by atoms with Gasteiger partial charge in [0.05, 0.1) is 6.42 Å². The molecule has 0 aliphatic carbocycles. The van der Waals surface area contributed by atoms with Crippen molar-refractivity contribution in [3.05, 3.63) is 72.1 Å². The second kappa shape index (κ2) is 7.39. The van der Waals surface area contributed by atoms with Crippen LogP contribution in [0.4, 0.5) is 0 Å². The molecule has 1 N–H and O–H groups in total. The van der Waals surface area contributed by atoms with Crippen molar-refractivity contribution in [2.24, 2.45) is 0 Å². The first kappa shape index (κ1) is 17.0. The summed E-state index contributed by atoms with van der Waals surface area (Å²) in [4.78, 5) is 11.2. The van der Waals surface area contributed by atoms with Crippen molar-refractivity contribution in [3.8, 4) is 22.3 Å². The highest BCUT2D eigenvalue weighted by atomic mass is 16.4. The van der Waals surface area contributed by atoms with Crippen molar-refractivity contribution in [2.45, 2.75) is 33.2 Å². The fourth-order valence-corrected chi connectivity index (χ4v) is 3.58. The number of carboxylic acid groups (broad SMARTS) is 1. The van der Waals surface area contributed by atoms with Gasteiger partial charge in [0.1, 0.15) is 0 Å². The van der Waals surface area contributed by atoms with E-state index in [4.69, 9.17) is 0 Å². The number of nitrogens with zero attached hydrogens (tertiary/aromatic N) is 1. The van der Waals surface area contributed by atoms with Crippen LogP contribution in [0.25, 0.3) is 22.3 Å². The Balaban J connectivity index is 2.28. The number of rotatable bonds is 6. The molecule has 3 nitrogen and oxygen atoms in total. The first-order valence-corrected chi connectivity index (χ1v) is 8.68. The molecule has 0 radical (unpaired) electrons. The molecule has 3 heteroatoms. The molecule has 0 fully saturated rings. The Bertz CT molecular complexity index is 864. The molecule has 0 bridgehead atoms. The van der Waals surface area contributed by atoms with Crippen LogP contribution in [-0.4, -0.2) is 15.6 Å². The molecule has 128 valence electrons. The summed E-state index contributed by atoms with van der Waals surface area (Å²) in [6.07, 6.45) is 0.665. The summed E-state index contributed by atoms with van der Waals surface area (Å²) in [5, 5.41) is 9.18. The van der Waals surface area contributed by atoms with Crippen LogP contribution in [0.5, 0.6) is 0 Å². The Morgan fingerprint density at radius 2 is 1.44 bits per heavy atom. The summed E-state index contributed by atoms with van der Waals surface area (Å²) >= 11 is 0. The second-order valence-electron chi connectivity index (χ2n) is 6.15. The average Bonchev–Trinajstić information content (AvgIpc) is 2.92. The average molecular weight is 333 g/mol. The summed E-state index contributed by atoms with van der Waals surface area (Å²) in [6.45, 7) is 5.07. The third kappa shape index (κ3) is 3.36. The summed E-state index contributed by atoms with van der Waals surface area (Å²) in [5.41, 5.74) is 6.96. The molecule has 0 aliphatic rings. The third-order valence-corrected chi connectivity index (χ3v) is 4.65. The lowest BCUT2D eigenvalue weighted by molar-refractivity contribution is -0.136. The van der Waals surface area contributed by atoms with Gasteiger partial charge < -0.3 is 9.67 Å². The minimum absolute atomic E-state index is 0.136. The van der Waals surface area contributed by atoms with Crippen LogP contribution in [-0.2, 0) is 17.8 Å². The molecule has 0 aliphatic heterocycles. The standard InChI is InChI=1S/C22H23NO2/c1-3-23-16(2)21(17-10-6-4-7-11-17)22(18-12-8-5-9-13-18)19(23)14-15-20(24)25/h4-13H,3,14-15H2,1-2H3,(H,24,25). The number of aliphatic carboxylic acids is 1. The maximum absolute atomic E-state index is 11.2. The molecule has 2 aromatic carbocycles. The van der Waals surface area contributed by atoms with E-state index in [-0.39, 0.29) is 6.42 Å². The lowest BCUT2D eigenvalue weighted by atomic mass is 9.94. The van der Waals surface area contributed by atoms with E-state index in [0.29, 0.717) is 6.42 Å². The monoisotopic (exact) mass is 333 g/mol. The van der Waals surface area contributed by atoms with Crippen LogP contribution < -0.4 is 0 Å². The van der Waals surface area contributed by atoms with Gasteiger partial charge in [-0.1, -0.05) is 60.7 Å². The minimum atomic E-state index is -0.762. The molecular weight excluding hydrogens is 310 g/mol. The fourth-order valence-electron chi connectivity index (χ4n) is 3.58. The Morgan fingerprint density at radius 1 is 0.920 bits per heavy atom. The van der Waals surface area contributed by atoms with Gasteiger partial charge in [-0.05, 0) is 31.4 Å². The van der Waals surface area contributed by atoms with Crippen molar-refractivity contribution in [1.29, 1.82) is 0 Å². The van der Waals surface area contributed by atoms with E-state index in [1.165, 1.54) is 16.8 Å². The van der Waals surface area contributed by atoms with Crippen LogP contribution >= 0.6 is 0 Å². The molecular formula is C22H23NO2. The van der Waals surface area contributed by atoms with Crippen LogP contribution in [0.1, 0.15) is 24.7 Å². The van der Waals surface area contributed by atoms with Crippen molar-refractivity contribution >= 4 is 5.97 Å². The lowest BCUT2D eigenvalue weighted by Gasteiger charge is -2.10. The predicted molar refractivity (Wildman–Crippen MR) is 102 cm³/mol. The van der Waals surface area contributed by atoms with Crippen molar-refractivity contribution in [1.82, 2.24) is 4.57 Å². The first-order chi connectivity index (χ1) is 12.1. The zero-order chi connectivity index (χ0) is 17.8. The van der Waals surface area contributed by atoms with Gasteiger partial charge >= 0.3 is 5.97 Å². The van der Waals surface area contributed by atoms with Crippen molar-refractivity contribution in [2.75, 3.05) is 0 Å². The predicted octanol–water partition coefficient (Wildman–Crippen LogP) is 5.17. The van der Waals surface area contributed by atoms with Crippen LogP contribution in [0, 0.1) is 6.92 Å². The molecule has 1 heterocycles.